The molecule has 2 rings (SSSR count). The zero-order chi connectivity index (χ0) is 16.7. The van der Waals surface area contributed by atoms with E-state index in [-0.39, 0.29) is 0 Å². The highest BCUT2D eigenvalue weighted by Crippen LogP contribution is 2.18. The molecule has 1 heterocycles. The molecule has 124 valence electrons. The summed E-state index contributed by atoms with van der Waals surface area (Å²) in [5.41, 5.74) is 2.32. The van der Waals surface area contributed by atoms with Crippen LogP contribution in [0.5, 0.6) is 5.75 Å². The molecule has 0 radical (unpaired) electrons. The average molecular weight is 332 g/mol. The van der Waals surface area contributed by atoms with E-state index in [9.17, 15) is 0 Å². The molecule has 1 aromatic heterocycles. The second-order valence-corrected chi connectivity index (χ2v) is 6.36. The van der Waals surface area contributed by atoms with Gasteiger partial charge in [0.2, 0.25) is 0 Å². The van der Waals surface area contributed by atoms with Crippen LogP contribution in [0.2, 0.25) is 0 Å². The molecule has 0 atom stereocenters. The van der Waals surface area contributed by atoms with Gasteiger partial charge in [0, 0.05) is 24.7 Å². The van der Waals surface area contributed by atoms with Crippen molar-refractivity contribution in [3.05, 3.63) is 45.4 Å². The van der Waals surface area contributed by atoms with E-state index in [0.717, 1.165) is 28.7 Å². The molecule has 2 N–H and O–H groups in total. The van der Waals surface area contributed by atoms with Gasteiger partial charge in [-0.25, -0.2) is 4.98 Å². The van der Waals surface area contributed by atoms with E-state index in [2.05, 4.69) is 39.7 Å². The van der Waals surface area contributed by atoms with Crippen LogP contribution in [-0.2, 0) is 19.5 Å². The summed E-state index contributed by atoms with van der Waals surface area (Å²) in [4.78, 5) is 9.95. The topological polar surface area (TPSA) is 58.5 Å². The predicted molar refractivity (Wildman–Crippen MR) is 96.3 cm³/mol. The maximum Gasteiger partial charge on any atom is 0.191 e. The SMILES string of the molecule is CCc1cnc(CNC(=NC)NCc2ccc(OC)c(C)c2)s1. The number of hydrogen-bond acceptors (Lipinski definition) is 4. The predicted octanol–water partition coefficient (Wildman–Crippen LogP) is 2.89. The third-order valence-corrected chi connectivity index (χ3v) is 4.64. The number of nitrogens with one attached hydrogen (secondary N) is 2. The molecule has 0 aliphatic heterocycles. The first-order chi connectivity index (χ1) is 11.2. The van der Waals surface area contributed by atoms with E-state index >= 15 is 0 Å². The third-order valence-electron chi connectivity index (χ3n) is 3.50. The van der Waals surface area contributed by atoms with Crippen LogP contribution in [-0.4, -0.2) is 25.1 Å². The second-order valence-electron chi connectivity index (χ2n) is 5.16. The third kappa shape index (κ3) is 4.96. The lowest BCUT2D eigenvalue weighted by atomic mass is 10.1. The average Bonchev–Trinajstić information content (AvgIpc) is 3.03. The van der Waals surface area contributed by atoms with Crippen LogP contribution in [0.25, 0.3) is 0 Å². The fraction of sp³-hybridized carbons (Fsp3) is 0.412. The first-order valence-electron chi connectivity index (χ1n) is 7.67. The van der Waals surface area contributed by atoms with Crippen LogP contribution in [0.3, 0.4) is 0 Å². The highest BCUT2D eigenvalue weighted by Gasteiger charge is 2.04. The van der Waals surface area contributed by atoms with Crippen molar-refractivity contribution in [3.63, 3.8) is 0 Å². The van der Waals surface area contributed by atoms with Crippen molar-refractivity contribution in [1.29, 1.82) is 0 Å². The zero-order valence-corrected chi connectivity index (χ0v) is 15.0. The fourth-order valence-electron chi connectivity index (χ4n) is 2.21. The van der Waals surface area contributed by atoms with Crippen LogP contribution in [0.15, 0.2) is 29.4 Å². The molecule has 2 aromatic rings. The Labute approximate surface area is 141 Å². The minimum Gasteiger partial charge on any atom is -0.496 e. The van der Waals surface area contributed by atoms with Gasteiger partial charge in [0.1, 0.15) is 10.8 Å². The monoisotopic (exact) mass is 332 g/mol. The number of nitrogens with zero attached hydrogens (tertiary/aromatic N) is 2. The van der Waals surface area contributed by atoms with Gasteiger partial charge in [0.15, 0.2) is 5.96 Å². The van der Waals surface area contributed by atoms with Crippen LogP contribution in [0.1, 0.15) is 27.9 Å². The largest absolute Gasteiger partial charge is 0.496 e. The molecule has 0 saturated heterocycles. The van der Waals surface area contributed by atoms with Crippen LogP contribution >= 0.6 is 11.3 Å². The Morgan fingerprint density at radius 1 is 1.30 bits per heavy atom. The molecular weight excluding hydrogens is 308 g/mol. The van der Waals surface area contributed by atoms with E-state index in [0.29, 0.717) is 13.1 Å². The van der Waals surface area contributed by atoms with E-state index in [1.807, 2.05) is 19.2 Å². The van der Waals surface area contributed by atoms with E-state index in [4.69, 9.17) is 4.74 Å². The van der Waals surface area contributed by atoms with Gasteiger partial charge in [-0.3, -0.25) is 4.99 Å². The number of aromatic nitrogens is 1. The number of aryl methyl sites for hydroxylation is 2. The summed E-state index contributed by atoms with van der Waals surface area (Å²) in [6.07, 6.45) is 2.97. The molecule has 6 heteroatoms. The van der Waals surface area contributed by atoms with Crippen molar-refractivity contribution in [2.75, 3.05) is 14.2 Å². The maximum atomic E-state index is 5.28. The molecule has 0 amide bonds. The Morgan fingerprint density at radius 3 is 2.70 bits per heavy atom. The molecule has 0 aliphatic rings. The Balaban J connectivity index is 1.86. The number of methoxy groups -OCH3 is 1. The Kier molecular flexibility index (Phi) is 6.40. The molecule has 0 aliphatic carbocycles. The molecule has 1 aromatic carbocycles. The number of thiazole rings is 1. The lowest BCUT2D eigenvalue weighted by molar-refractivity contribution is 0.411. The molecule has 5 nitrogen and oxygen atoms in total. The summed E-state index contributed by atoms with van der Waals surface area (Å²) < 4.78 is 5.28. The molecular formula is C17H24N4OS. The highest BCUT2D eigenvalue weighted by atomic mass is 32.1. The Morgan fingerprint density at radius 2 is 2.09 bits per heavy atom. The van der Waals surface area contributed by atoms with Crippen molar-refractivity contribution >= 4 is 17.3 Å². The molecule has 0 fully saturated rings. The van der Waals surface area contributed by atoms with Gasteiger partial charge in [-0.1, -0.05) is 19.1 Å². The number of ether oxygens (including phenoxy) is 1. The molecule has 0 spiro atoms. The maximum absolute atomic E-state index is 5.28. The first-order valence-corrected chi connectivity index (χ1v) is 8.49. The molecule has 23 heavy (non-hydrogen) atoms. The molecule has 0 saturated carbocycles. The Bertz CT molecular complexity index is 666. The van der Waals surface area contributed by atoms with Gasteiger partial charge in [0.05, 0.1) is 13.7 Å². The van der Waals surface area contributed by atoms with Crippen molar-refractivity contribution in [2.24, 2.45) is 4.99 Å². The summed E-state index contributed by atoms with van der Waals surface area (Å²) in [6, 6.07) is 6.16. The lowest BCUT2D eigenvalue weighted by Gasteiger charge is -2.12. The number of benzene rings is 1. The number of guanidine groups is 1. The van der Waals surface area contributed by atoms with Gasteiger partial charge < -0.3 is 15.4 Å². The summed E-state index contributed by atoms with van der Waals surface area (Å²) in [6.45, 7) is 5.58. The fourth-order valence-corrected chi connectivity index (χ4v) is 3.01. The first kappa shape index (κ1) is 17.3. The van der Waals surface area contributed by atoms with E-state index in [1.54, 1.807) is 25.5 Å². The lowest BCUT2D eigenvalue weighted by Crippen LogP contribution is -2.36. The van der Waals surface area contributed by atoms with Gasteiger partial charge in [-0.15, -0.1) is 11.3 Å². The molecule has 0 unspecified atom stereocenters. The minimum absolute atomic E-state index is 0.686. The van der Waals surface area contributed by atoms with Crippen molar-refractivity contribution < 1.29 is 4.74 Å². The summed E-state index contributed by atoms with van der Waals surface area (Å²) in [5, 5.41) is 7.68. The van der Waals surface area contributed by atoms with Crippen molar-refractivity contribution in [1.82, 2.24) is 15.6 Å². The van der Waals surface area contributed by atoms with Crippen LogP contribution in [0, 0.1) is 6.92 Å². The van der Waals surface area contributed by atoms with Gasteiger partial charge in [-0.05, 0) is 30.5 Å². The van der Waals surface area contributed by atoms with E-state index in [1.165, 1.54) is 10.4 Å². The highest BCUT2D eigenvalue weighted by molar-refractivity contribution is 7.11. The van der Waals surface area contributed by atoms with Crippen LogP contribution < -0.4 is 15.4 Å². The normalized spacial score (nSPS) is 11.4. The van der Waals surface area contributed by atoms with Crippen LogP contribution in [0.4, 0.5) is 0 Å². The number of rotatable bonds is 6. The minimum atomic E-state index is 0.686. The summed E-state index contributed by atoms with van der Waals surface area (Å²) >= 11 is 1.74. The standard InChI is InChI=1S/C17H24N4OS/c1-5-14-10-19-16(23-14)11-21-17(18-3)20-9-13-6-7-15(22-4)12(2)8-13/h6-8,10H,5,9,11H2,1-4H3,(H2,18,20,21). The Hall–Kier alpha value is -2.08. The summed E-state index contributed by atoms with van der Waals surface area (Å²) in [7, 11) is 3.46. The second kappa shape index (κ2) is 8.53. The van der Waals surface area contributed by atoms with E-state index < -0.39 is 0 Å². The number of aliphatic imine (C=N–C) groups is 1. The van der Waals surface area contributed by atoms with Crippen molar-refractivity contribution in [3.8, 4) is 5.75 Å². The van der Waals surface area contributed by atoms with Gasteiger partial charge in [0.25, 0.3) is 0 Å². The zero-order valence-electron chi connectivity index (χ0n) is 14.1. The molecule has 0 bridgehead atoms. The number of hydrogen-bond donors (Lipinski definition) is 2. The van der Waals surface area contributed by atoms with Gasteiger partial charge >= 0.3 is 0 Å². The van der Waals surface area contributed by atoms with Crippen molar-refractivity contribution in [2.45, 2.75) is 33.4 Å². The summed E-state index contributed by atoms with van der Waals surface area (Å²) in [5.74, 6) is 1.68. The van der Waals surface area contributed by atoms with Gasteiger partial charge in [-0.2, -0.15) is 0 Å². The smallest absolute Gasteiger partial charge is 0.191 e. The quantitative estimate of drug-likeness (QED) is 0.631.